The minimum Gasteiger partial charge on any atom is -0.347 e. The van der Waals surface area contributed by atoms with E-state index < -0.39 is 6.04 Å². The van der Waals surface area contributed by atoms with Crippen molar-refractivity contribution in [1.82, 2.24) is 20.1 Å². The summed E-state index contributed by atoms with van der Waals surface area (Å²) in [6, 6.07) is -0.442. The molecule has 0 aromatic carbocycles. The summed E-state index contributed by atoms with van der Waals surface area (Å²) in [5.41, 5.74) is 5.57. The van der Waals surface area contributed by atoms with E-state index in [-0.39, 0.29) is 5.91 Å². The zero-order valence-corrected chi connectivity index (χ0v) is 9.10. The Balaban J connectivity index is 2.47. The second-order valence-corrected chi connectivity index (χ2v) is 3.27. The maximum Gasteiger partial charge on any atom is 0.237 e. The number of carbonyl (C=O) groups excluding carboxylic acids is 1. The third-order valence-corrected chi connectivity index (χ3v) is 2.23. The van der Waals surface area contributed by atoms with Gasteiger partial charge in [0.15, 0.2) is 5.82 Å². The third-order valence-electron chi connectivity index (χ3n) is 2.23. The number of nitrogens with one attached hydrogen (secondary N) is 1. The van der Waals surface area contributed by atoms with Gasteiger partial charge in [-0.2, -0.15) is 0 Å². The first-order chi connectivity index (χ1) is 7.19. The minimum atomic E-state index is -0.442. The molecule has 1 atom stereocenters. The molecule has 0 spiro atoms. The summed E-state index contributed by atoms with van der Waals surface area (Å²) in [5.74, 6) is 0.595. The van der Waals surface area contributed by atoms with Crippen LogP contribution < -0.4 is 11.1 Å². The van der Waals surface area contributed by atoms with E-state index >= 15 is 0 Å². The van der Waals surface area contributed by atoms with Gasteiger partial charge in [0.1, 0.15) is 6.33 Å². The molecule has 1 aromatic heterocycles. The van der Waals surface area contributed by atoms with Crippen molar-refractivity contribution in [2.45, 2.75) is 39.4 Å². The van der Waals surface area contributed by atoms with E-state index in [9.17, 15) is 4.79 Å². The fourth-order valence-electron chi connectivity index (χ4n) is 1.16. The largest absolute Gasteiger partial charge is 0.347 e. The van der Waals surface area contributed by atoms with E-state index in [4.69, 9.17) is 5.73 Å². The average molecular weight is 211 g/mol. The van der Waals surface area contributed by atoms with Crippen LogP contribution in [0.5, 0.6) is 0 Å². The lowest BCUT2D eigenvalue weighted by atomic mass is 10.2. The van der Waals surface area contributed by atoms with Crippen LogP contribution >= 0.6 is 0 Å². The topological polar surface area (TPSA) is 85.8 Å². The van der Waals surface area contributed by atoms with E-state index in [2.05, 4.69) is 15.5 Å². The summed E-state index contributed by atoms with van der Waals surface area (Å²) in [4.78, 5) is 11.4. The van der Waals surface area contributed by atoms with Crippen LogP contribution in [0.2, 0.25) is 0 Å². The van der Waals surface area contributed by atoms with Gasteiger partial charge in [0.05, 0.1) is 12.6 Å². The lowest BCUT2D eigenvalue weighted by Gasteiger charge is -2.09. The maximum absolute atomic E-state index is 11.4. The quantitative estimate of drug-likeness (QED) is 0.697. The Hall–Kier alpha value is -1.43. The first-order valence-electron chi connectivity index (χ1n) is 5.09. The van der Waals surface area contributed by atoms with Crippen molar-refractivity contribution in [1.29, 1.82) is 0 Å². The summed E-state index contributed by atoms with van der Waals surface area (Å²) < 4.78 is 1.87. The molecule has 0 aliphatic heterocycles. The first-order valence-corrected chi connectivity index (χ1v) is 5.09. The van der Waals surface area contributed by atoms with Crippen molar-refractivity contribution in [2.24, 2.45) is 5.73 Å². The van der Waals surface area contributed by atoms with Crippen LogP contribution in [0.15, 0.2) is 6.33 Å². The molecule has 84 valence electrons. The van der Waals surface area contributed by atoms with Gasteiger partial charge in [-0.3, -0.25) is 4.79 Å². The monoisotopic (exact) mass is 211 g/mol. The Morgan fingerprint density at radius 1 is 1.67 bits per heavy atom. The molecule has 6 heteroatoms. The predicted octanol–water partition coefficient (Wildman–Crippen LogP) is -0.348. The van der Waals surface area contributed by atoms with Gasteiger partial charge in [0, 0.05) is 6.54 Å². The third kappa shape index (κ3) is 3.02. The van der Waals surface area contributed by atoms with Gasteiger partial charge < -0.3 is 15.6 Å². The van der Waals surface area contributed by atoms with Crippen molar-refractivity contribution < 1.29 is 4.79 Å². The van der Waals surface area contributed by atoms with Crippen molar-refractivity contribution >= 4 is 5.91 Å². The maximum atomic E-state index is 11.4. The smallest absolute Gasteiger partial charge is 0.237 e. The number of hydrogen-bond donors (Lipinski definition) is 2. The van der Waals surface area contributed by atoms with Crippen molar-refractivity contribution in [3.8, 4) is 0 Å². The van der Waals surface area contributed by atoms with Gasteiger partial charge in [-0.1, -0.05) is 6.92 Å². The first kappa shape index (κ1) is 11.6. The standard InChI is InChI=1S/C9H17N5O/c1-3-7(10)9(15)11-5-8-13-12-6-14(8)4-2/h6-7H,3-5,10H2,1-2H3,(H,11,15)/t7-/m0/s1. The lowest BCUT2D eigenvalue weighted by molar-refractivity contribution is -0.122. The summed E-state index contributed by atoms with van der Waals surface area (Å²) in [6.45, 7) is 5.03. The highest BCUT2D eigenvalue weighted by Crippen LogP contribution is 1.94. The van der Waals surface area contributed by atoms with Crippen LogP contribution in [0, 0.1) is 0 Å². The van der Waals surface area contributed by atoms with E-state index in [1.807, 2.05) is 18.4 Å². The number of nitrogens with zero attached hydrogens (tertiary/aromatic N) is 3. The van der Waals surface area contributed by atoms with Gasteiger partial charge in [0.25, 0.3) is 0 Å². The Bertz CT molecular complexity index is 322. The molecule has 1 aromatic rings. The average Bonchev–Trinajstić information content (AvgIpc) is 2.71. The Morgan fingerprint density at radius 2 is 2.40 bits per heavy atom. The molecular formula is C9H17N5O. The van der Waals surface area contributed by atoms with Crippen LogP contribution in [0.25, 0.3) is 0 Å². The molecule has 0 saturated carbocycles. The summed E-state index contributed by atoms with van der Waals surface area (Å²) in [7, 11) is 0. The van der Waals surface area contributed by atoms with Crippen molar-refractivity contribution in [3.63, 3.8) is 0 Å². The highest BCUT2D eigenvalue weighted by atomic mass is 16.2. The Morgan fingerprint density at radius 3 is 3.00 bits per heavy atom. The van der Waals surface area contributed by atoms with Crippen LogP contribution in [0.1, 0.15) is 26.1 Å². The second kappa shape index (κ2) is 5.45. The van der Waals surface area contributed by atoms with Gasteiger partial charge in [0.2, 0.25) is 5.91 Å². The molecule has 3 N–H and O–H groups in total. The molecule has 1 heterocycles. The molecule has 0 aliphatic rings. The van der Waals surface area contributed by atoms with Gasteiger partial charge in [-0.05, 0) is 13.3 Å². The van der Waals surface area contributed by atoms with Crippen molar-refractivity contribution in [2.75, 3.05) is 0 Å². The number of nitrogens with two attached hydrogens (primary N) is 1. The zero-order chi connectivity index (χ0) is 11.3. The van der Waals surface area contributed by atoms with Crippen LogP contribution in [-0.2, 0) is 17.9 Å². The van der Waals surface area contributed by atoms with Gasteiger partial charge >= 0.3 is 0 Å². The van der Waals surface area contributed by atoms with E-state index in [0.29, 0.717) is 13.0 Å². The molecule has 0 saturated heterocycles. The van der Waals surface area contributed by atoms with E-state index in [1.54, 1.807) is 6.33 Å². The molecule has 6 nitrogen and oxygen atoms in total. The number of carbonyl (C=O) groups is 1. The summed E-state index contributed by atoms with van der Waals surface area (Å²) >= 11 is 0. The number of hydrogen-bond acceptors (Lipinski definition) is 4. The van der Waals surface area contributed by atoms with Crippen LogP contribution in [0.4, 0.5) is 0 Å². The normalized spacial score (nSPS) is 12.5. The Labute approximate surface area is 88.9 Å². The molecule has 0 aliphatic carbocycles. The van der Waals surface area contributed by atoms with Gasteiger partial charge in [-0.15, -0.1) is 10.2 Å². The molecule has 1 amide bonds. The van der Waals surface area contributed by atoms with E-state index in [1.165, 1.54) is 0 Å². The number of amides is 1. The summed E-state index contributed by atoms with van der Waals surface area (Å²) in [5, 5.41) is 10.4. The molecule has 0 radical (unpaired) electrons. The predicted molar refractivity (Wildman–Crippen MR) is 55.8 cm³/mol. The minimum absolute atomic E-state index is 0.150. The lowest BCUT2D eigenvalue weighted by Crippen LogP contribution is -2.40. The highest BCUT2D eigenvalue weighted by Gasteiger charge is 2.11. The number of aromatic nitrogens is 3. The highest BCUT2D eigenvalue weighted by molar-refractivity contribution is 5.81. The molecule has 0 fully saturated rings. The molecule has 15 heavy (non-hydrogen) atoms. The fourth-order valence-corrected chi connectivity index (χ4v) is 1.16. The summed E-state index contributed by atoms with van der Waals surface area (Å²) in [6.07, 6.45) is 2.27. The molecule has 0 unspecified atom stereocenters. The molecule has 1 rings (SSSR count). The number of rotatable bonds is 5. The van der Waals surface area contributed by atoms with Crippen LogP contribution in [-0.4, -0.2) is 26.7 Å². The van der Waals surface area contributed by atoms with Gasteiger partial charge in [-0.25, -0.2) is 0 Å². The Kier molecular flexibility index (Phi) is 4.23. The molecular weight excluding hydrogens is 194 g/mol. The van der Waals surface area contributed by atoms with Crippen LogP contribution in [0.3, 0.4) is 0 Å². The molecule has 0 bridgehead atoms. The second-order valence-electron chi connectivity index (χ2n) is 3.27. The number of aryl methyl sites for hydroxylation is 1. The van der Waals surface area contributed by atoms with E-state index in [0.717, 1.165) is 12.4 Å². The zero-order valence-electron chi connectivity index (χ0n) is 9.10. The SMILES string of the molecule is CC[C@H](N)C(=O)NCc1nncn1CC. The fraction of sp³-hybridized carbons (Fsp3) is 0.667. The van der Waals surface area contributed by atoms with Crippen molar-refractivity contribution in [3.05, 3.63) is 12.2 Å².